The summed E-state index contributed by atoms with van der Waals surface area (Å²) >= 11 is 4.93. The third-order valence-corrected chi connectivity index (χ3v) is 2.57. The molecule has 2 rings (SSSR count). The van der Waals surface area contributed by atoms with E-state index in [1.807, 2.05) is 6.92 Å². The van der Waals surface area contributed by atoms with Gasteiger partial charge < -0.3 is 14.2 Å². The molecule has 0 unspecified atom stereocenters. The van der Waals surface area contributed by atoms with E-state index < -0.39 is 0 Å². The molecule has 1 aromatic rings. The number of Topliss-reactive ketones (excluding diaryl/α,β-unsaturated/α-hetero) is 1. The van der Waals surface area contributed by atoms with E-state index in [9.17, 15) is 4.79 Å². The van der Waals surface area contributed by atoms with Crippen molar-refractivity contribution in [1.82, 2.24) is 0 Å². The molecule has 17 heavy (non-hydrogen) atoms. The fourth-order valence-electron chi connectivity index (χ4n) is 1.52. The first-order valence-electron chi connectivity index (χ1n) is 5.29. The van der Waals surface area contributed by atoms with Crippen molar-refractivity contribution in [3.05, 3.63) is 23.8 Å². The monoisotopic (exact) mass is 252 g/mol. The minimum absolute atomic E-state index is 0.0817. The van der Waals surface area contributed by atoms with Crippen molar-refractivity contribution in [3.8, 4) is 11.5 Å². The fourth-order valence-corrected chi connectivity index (χ4v) is 1.76. The highest BCUT2D eigenvalue weighted by Gasteiger charge is 2.17. The third-order valence-electron chi connectivity index (χ3n) is 2.30. The van der Waals surface area contributed by atoms with Crippen molar-refractivity contribution in [1.29, 1.82) is 0 Å². The maximum Gasteiger partial charge on any atom is 0.231 e. The van der Waals surface area contributed by atoms with Gasteiger partial charge in [-0.25, -0.2) is 0 Å². The van der Waals surface area contributed by atoms with Gasteiger partial charge in [0.2, 0.25) is 6.79 Å². The SMILES string of the molecule is CCOC(=S)CC(=O)c1ccc2c(c1)OCO2. The van der Waals surface area contributed by atoms with Crippen molar-refractivity contribution in [2.45, 2.75) is 13.3 Å². The standard InChI is InChI=1S/C12H12O4S/c1-2-14-12(17)6-9(13)8-3-4-10-11(5-8)16-7-15-10/h3-5H,2,6-7H2,1H3. The number of ether oxygens (including phenoxy) is 3. The van der Waals surface area contributed by atoms with Crippen LogP contribution in [0.3, 0.4) is 0 Å². The number of benzene rings is 1. The lowest BCUT2D eigenvalue weighted by Crippen LogP contribution is -2.09. The maximum atomic E-state index is 11.9. The van der Waals surface area contributed by atoms with E-state index in [0.29, 0.717) is 28.7 Å². The highest BCUT2D eigenvalue weighted by atomic mass is 32.1. The van der Waals surface area contributed by atoms with Crippen molar-refractivity contribution in [3.63, 3.8) is 0 Å². The molecule has 0 aromatic heterocycles. The number of carbonyl (C=O) groups excluding carboxylic acids is 1. The van der Waals surface area contributed by atoms with Gasteiger partial charge in [0.25, 0.3) is 0 Å². The van der Waals surface area contributed by atoms with Crippen LogP contribution in [0.2, 0.25) is 0 Å². The fraction of sp³-hybridized carbons (Fsp3) is 0.333. The van der Waals surface area contributed by atoms with Gasteiger partial charge in [0, 0.05) is 5.56 Å². The number of carbonyl (C=O) groups is 1. The summed E-state index contributed by atoms with van der Waals surface area (Å²) in [5.74, 6) is 1.17. The zero-order valence-electron chi connectivity index (χ0n) is 9.39. The number of rotatable bonds is 4. The van der Waals surface area contributed by atoms with Gasteiger partial charge in [-0.05, 0) is 37.3 Å². The van der Waals surface area contributed by atoms with Crippen LogP contribution >= 0.6 is 12.2 Å². The van der Waals surface area contributed by atoms with Gasteiger partial charge in [0.1, 0.15) is 0 Å². The lowest BCUT2D eigenvalue weighted by atomic mass is 10.1. The summed E-state index contributed by atoms with van der Waals surface area (Å²) in [6, 6.07) is 5.09. The van der Waals surface area contributed by atoms with Crippen LogP contribution in [0, 0.1) is 0 Å². The van der Waals surface area contributed by atoms with E-state index in [0.717, 1.165) is 0 Å². The number of hydrogen-bond donors (Lipinski definition) is 0. The average molecular weight is 252 g/mol. The first-order valence-corrected chi connectivity index (χ1v) is 5.70. The van der Waals surface area contributed by atoms with E-state index in [1.165, 1.54) is 0 Å². The normalized spacial score (nSPS) is 12.3. The molecule has 4 nitrogen and oxygen atoms in total. The largest absolute Gasteiger partial charge is 0.487 e. The predicted octanol–water partition coefficient (Wildman–Crippen LogP) is 2.35. The molecule has 1 aliphatic heterocycles. The molecular weight excluding hydrogens is 240 g/mol. The topological polar surface area (TPSA) is 44.8 Å². The second-order valence-corrected chi connectivity index (χ2v) is 3.93. The highest BCUT2D eigenvalue weighted by Crippen LogP contribution is 2.32. The minimum atomic E-state index is -0.0817. The molecule has 0 radical (unpaired) electrons. The molecule has 0 spiro atoms. The molecule has 0 saturated carbocycles. The van der Waals surface area contributed by atoms with Crippen molar-refractivity contribution in [2.24, 2.45) is 0 Å². The Hall–Kier alpha value is -1.62. The Morgan fingerprint density at radius 1 is 1.41 bits per heavy atom. The minimum Gasteiger partial charge on any atom is -0.487 e. The van der Waals surface area contributed by atoms with E-state index >= 15 is 0 Å². The van der Waals surface area contributed by atoms with Crippen LogP contribution in [0.5, 0.6) is 11.5 Å². The second kappa shape index (κ2) is 5.14. The number of hydrogen-bond acceptors (Lipinski definition) is 5. The zero-order valence-corrected chi connectivity index (χ0v) is 10.2. The second-order valence-electron chi connectivity index (χ2n) is 3.47. The Kier molecular flexibility index (Phi) is 3.58. The predicted molar refractivity (Wildman–Crippen MR) is 65.7 cm³/mol. The van der Waals surface area contributed by atoms with Crippen molar-refractivity contribution in [2.75, 3.05) is 13.4 Å². The summed E-state index contributed by atoms with van der Waals surface area (Å²) in [6.45, 7) is 2.51. The molecular formula is C12H12O4S. The lowest BCUT2D eigenvalue weighted by Gasteiger charge is -2.04. The molecule has 0 atom stereocenters. The molecule has 0 amide bonds. The zero-order chi connectivity index (χ0) is 12.3. The summed E-state index contributed by atoms with van der Waals surface area (Å²) in [5, 5.41) is 0.315. The quantitative estimate of drug-likeness (QED) is 0.608. The van der Waals surface area contributed by atoms with E-state index in [2.05, 4.69) is 0 Å². The van der Waals surface area contributed by atoms with Gasteiger partial charge in [-0.1, -0.05) is 0 Å². The molecule has 90 valence electrons. The Balaban J connectivity index is 2.07. The molecule has 0 saturated heterocycles. The van der Waals surface area contributed by atoms with Crippen molar-refractivity contribution >= 4 is 23.1 Å². The van der Waals surface area contributed by atoms with Gasteiger partial charge >= 0.3 is 0 Å². The maximum absolute atomic E-state index is 11.9. The number of ketones is 1. The van der Waals surface area contributed by atoms with Gasteiger partial charge in [0.05, 0.1) is 13.0 Å². The Morgan fingerprint density at radius 2 is 2.18 bits per heavy atom. The first kappa shape index (κ1) is 11.9. The number of fused-ring (bicyclic) bond motifs is 1. The molecule has 0 N–H and O–H groups in total. The van der Waals surface area contributed by atoms with Crippen LogP contribution in [-0.2, 0) is 4.74 Å². The van der Waals surface area contributed by atoms with Crippen LogP contribution in [0.4, 0.5) is 0 Å². The van der Waals surface area contributed by atoms with E-state index in [-0.39, 0.29) is 19.0 Å². The summed E-state index contributed by atoms with van der Waals surface area (Å²) in [5.41, 5.74) is 0.552. The van der Waals surface area contributed by atoms with Crippen LogP contribution in [-0.4, -0.2) is 24.2 Å². The van der Waals surface area contributed by atoms with Gasteiger partial charge in [-0.2, -0.15) is 0 Å². The summed E-state index contributed by atoms with van der Waals surface area (Å²) in [7, 11) is 0. The van der Waals surface area contributed by atoms with Gasteiger partial charge in [0.15, 0.2) is 22.3 Å². The smallest absolute Gasteiger partial charge is 0.231 e. The molecule has 1 aliphatic rings. The molecule has 5 heteroatoms. The van der Waals surface area contributed by atoms with Gasteiger partial charge in [-0.15, -0.1) is 0 Å². The third kappa shape index (κ3) is 2.74. The Labute approximate surface area is 104 Å². The first-order chi connectivity index (χ1) is 8.20. The lowest BCUT2D eigenvalue weighted by molar-refractivity contribution is 0.0994. The Morgan fingerprint density at radius 3 is 2.94 bits per heavy atom. The molecule has 1 heterocycles. The van der Waals surface area contributed by atoms with Crippen LogP contribution in [0.15, 0.2) is 18.2 Å². The summed E-state index contributed by atoms with van der Waals surface area (Å²) in [4.78, 5) is 11.9. The Bertz CT molecular complexity index is 456. The van der Waals surface area contributed by atoms with Crippen LogP contribution in [0.25, 0.3) is 0 Å². The molecule has 0 fully saturated rings. The number of thiocarbonyl (C=S) groups is 1. The van der Waals surface area contributed by atoms with Crippen LogP contribution < -0.4 is 9.47 Å². The molecule has 0 aliphatic carbocycles. The van der Waals surface area contributed by atoms with Crippen molar-refractivity contribution < 1.29 is 19.0 Å². The van der Waals surface area contributed by atoms with E-state index in [1.54, 1.807) is 18.2 Å². The average Bonchev–Trinajstić information content (AvgIpc) is 2.75. The van der Waals surface area contributed by atoms with Crippen LogP contribution in [0.1, 0.15) is 23.7 Å². The highest BCUT2D eigenvalue weighted by molar-refractivity contribution is 7.80. The summed E-state index contributed by atoms with van der Waals surface area (Å²) < 4.78 is 15.5. The molecule has 0 bridgehead atoms. The molecule has 1 aromatic carbocycles. The summed E-state index contributed by atoms with van der Waals surface area (Å²) in [6.07, 6.45) is 0.114. The van der Waals surface area contributed by atoms with E-state index in [4.69, 9.17) is 26.4 Å². The van der Waals surface area contributed by atoms with Gasteiger partial charge in [-0.3, -0.25) is 4.79 Å².